The van der Waals surface area contributed by atoms with Gasteiger partial charge in [0.15, 0.2) is 5.75 Å². The second kappa shape index (κ2) is 10.6. The topological polar surface area (TPSA) is 103 Å². The van der Waals surface area contributed by atoms with Crippen molar-refractivity contribution in [1.82, 2.24) is 14.8 Å². The molecule has 41 heavy (non-hydrogen) atoms. The van der Waals surface area contributed by atoms with Crippen LogP contribution in [0.5, 0.6) is 11.5 Å². The summed E-state index contributed by atoms with van der Waals surface area (Å²) < 4.78 is 21.4. The Balaban J connectivity index is 1.69. The van der Waals surface area contributed by atoms with E-state index in [4.69, 9.17) is 21.3 Å². The average Bonchev–Trinajstić information content (AvgIpc) is 3.17. The molecule has 2 amide bonds. The number of carbonyl (C=O) groups excluding carboxylic acids is 3. The number of aromatic hydroxyl groups is 1. The van der Waals surface area contributed by atoms with Crippen molar-refractivity contribution in [3.63, 3.8) is 0 Å². The number of benzene rings is 1. The summed E-state index contributed by atoms with van der Waals surface area (Å²) in [4.78, 5) is 48.9. The minimum Gasteiger partial charge on any atom is -0.507 e. The number of aromatic nitrogens is 1. The lowest BCUT2D eigenvalue weighted by molar-refractivity contribution is -0.128. The minimum absolute atomic E-state index is 0.0102. The summed E-state index contributed by atoms with van der Waals surface area (Å²) in [5.74, 6) is -1.54. The third kappa shape index (κ3) is 4.92. The summed E-state index contributed by atoms with van der Waals surface area (Å²) in [5.41, 5.74) is -0.637. The van der Waals surface area contributed by atoms with E-state index in [0.717, 1.165) is 0 Å². The Morgan fingerprint density at radius 3 is 2.66 bits per heavy atom. The van der Waals surface area contributed by atoms with Gasteiger partial charge in [0.1, 0.15) is 46.1 Å². The summed E-state index contributed by atoms with van der Waals surface area (Å²) in [7, 11) is 0. The van der Waals surface area contributed by atoms with Crippen LogP contribution in [-0.2, 0) is 9.59 Å². The van der Waals surface area contributed by atoms with Crippen molar-refractivity contribution in [3.05, 3.63) is 47.3 Å². The number of halogens is 2. The van der Waals surface area contributed by atoms with E-state index in [1.807, 2.05) is 25.7 Å². The van der Waals surface area contributed by atoms with Crippen LogP contribution in [0.4, 0.5) is 10.2 Å². The van der Waals surface area contributed by atoms with Crippen LogP contribution in [0.3, 0.4) is 0 Å². The molecule has 0 radical (unpaired) electrons. The number of piperazine rings is 1. The molecule has 3 aliphatic rings. The first-order valence-corrected chi connectivity index (χ1v) is 14.1. The number of phenols is 1. The monoisotopic (exact) mass is 584 g/mol. The Hall–Kier alpha value is -3.66. The number of fused-ring (bicyclic) bond motifs is 2. The van der Waals surface area contributed by atoms with Crippen molar-refractivity contribution in [2.45, 2.75) is 45.7 Å². The zero-order chi connectivity index (χ0) is 29.8. The number of hydrogen-bond acceptors (Lipinski definition) is 7. The standard InChI is InChI=1S/C30H34ClFN4O5/c1-6-22(39)34-10-11-35-19(14-34)15-41-27-24(29(35)40)28(36-13-18(12-30(36,4)5)16(2)17(3)37)33-26(25(27)31)23-20(32)8-7-9-21(23)38/h6-9,16,18-19,38H,1,10-15H2,2-5H3. The van der Waals surface area contributed by atoms with Crippen LogP contribution < -0.4 is 9.64 Å². The van der Waals surface area contributed by atoms with Crippen LogP contribution in [0.25, 0.3) is 11.3 Å². The molecule has 1 aromatic heterocycles. The lowest BCUT2D eigenvalue weighted by Crippen LogP contribution is -2.57. The second-order valence-corrected chi connectivity index (χ2v) is 12.1. The van der Waals surface area contributed by atoms with E-state index >= 15 is 4.39 Å². The second-order valence-electron chi connectivity index (χ2n) is 11.7. The first kappa shape index (κ1) is 28.9. The minimum atomic E-state index is -0.731. The van der Waals surface area contributed by atoms with Crippen LogP contribution in [-0.4, -0.2) is 81.9 Å². The number of amides is 2. The largest absolute Gasteiger partial charge is 0.507 e. The van der Waals surface area contributed by atoms with Gasteiger partial charge in [-0.2, -0.15) is 0 Å². The average molecular weight is 585 g/mol. The van der Waals surface area contributed by atoms with E-state index in [2.05, 4.69) is 6.58 Å². The molecule has 0 aliphatic carbocycles. The fourth-order valence-corrected chi connectivity index (χ4v) is 6.51. The number of ether oxygens (including phenoxy) is 1. The van der Waals surface area contributed by atoms with Gasteiger partial charge in [-0.05, 0) is 51.3 Å². The zero-order valence-corrected chi connectivity index (χ0v) is 24.4. The van der Waals surface area contributed by atoms with Crippen LogP contribution in [0.1, 0.15) is 44.5 Å². The molecule has 3 aliphatic heterocycles. The summed E-state index contributed by atoms with van der Waals surface area (Å²) in [6, 6.07) is 3.45. The zero-order valence-electron chi connectivity index (χ0n) is 23.6. The van der Waals surface area contributed by atoms with E-state index < -0.39 is 17.4 Å². The molecule has 0 bridgehead atoms. The molecule has 9 nitrogen and oxygen atoms in total. The van der Waals surface area contributed by atoms with E-state index in [9.17, 15) is 19.5 Å². The Morgan fingerprint density at radius 2 is 2.00 bits per heavy atom. The summed E-state index contributed by atoms with van der Waals surface area (Å²) >= 11 is 6.84. The Labute approximate surface area is 243 Å². The number of hydrogen-bond donors (Lipinski definition) is 1. The number of anilines is 1. The quantitative estimate of drug-likeness (QED) is 0.523. The van der Waals surface area contributed by atoms with Gasteiger partial charge in [0, 0.05) is 37.6 Å². The number of ketones is 1. The van der Waals surface area contributed by atoms with Gasteiger partial charge in [0.05, 0.1) is 11.6 Å². The summed E-state index contributed by atoms with van der Waals surface area (Å²) in [5, 5.41) is 10.5. The van der Waals surface area contributed by atoms with E-state index in [-0.39, 0.29) is 88.3 Å². The number of phenolic OH excluding ortho intramolecular Hbond substituents is 1. The predicted molar refractivity (Wildman–Crippen MR) is 153 cm³/mol. The van der Waals surface area contributed by atoms with Gasteiger partial charge < -0.3 is 24.5 Å². The Bertz CT molecular complexity index is 1430. The van der Waals surface area contributed by atoms with Crippen LogP contribution in [0.15, 0.2) is 30.9 Å². The molecule has 2 aromatic rings. The smallest absolute Gasteiger partial charge is 0.261 e. The van der Waals surface area contributed by atoms with Gasteiger partial charge in [-0.25, -0.2) is 9.37 Å². The third-order valence-corrected chi connectivity index (χ3v) is 9.03. The number of Topliss-reactive ketones (excluding diaryl/α,β-unsaturated/α-hetero) is 1. The normalized spacial score (nSPS) is 22.4. The highest BCUT2D eigenvalue weighted by Crippen LogP contribution is 2.49. The van der Waals surface area contributed by atoms with E-state index in [1.165, 1.54) is 24.3 Å². The number of nitrogens with zero attached hydrogens (tertiary/aromatic N) is 4. The molecule has 0 saturated carbocycles. The molecule has 1 aromatic carbocycles. The number of rotatable bonds is 5. The van der Waals surface area contributed by atoms with Crippen molar-refractivity contribution in [3.8, 4) is 22.8 Å². The highest BCUT2D eigenvalue weighted by atomic mass is 35.5. The summed E-state index contributed by atoms with van der Waals surface area (Å²) in [6.07, 6.45) is 1.90. The highest BCUT2D eigenvalue weighted by molar-refractivity contribution is 6.35. The van der Waals surface area contributed by atoms with Crippen molar-refractivity contribution in [2.75, 3.05) is 37.7 Å². The molecular weight excluding hydrogens is 551 g/mol. The van der Waals surface area contributed by atoms with Crippen LogP contribution >= 0.6 is 11.6 Å². The van der Waals surface area contributed by atoms with Gasteiger partial charge >= 0.3 is 0 Å². The maximum atomic E-state index is 15.1. The van der Waals surface area contributed by atoms with Gasteiger partial charge in [-0.15, -0.1) is 0 Å². The molecule has 11 heteroatoms. The predicted octanol–water partition coefficient (Wildman–Crippen LogP) is 4.31. The maximum absolute atomic E-state index is 15.1. The molecule has 2 saturated heterocycles. The Morgan fingerprint density at radius 1 is 1.27 bits per heavy atom. The number of carbonyl (C=O) groups is 3. The van der Waals surface area contributed by atoms with Gasteiger partial charge in [0.25, 0.3) is 5.91 Å². The molecule has 218 valence electrons. The fourth-order valence-electron chi connectivity index (χ4n) is 6.22. The van der Waals surface area contributed by atoms with Crippen molar-refractivity contribution in [1.29, 1.82) is 0 Å². The lowest BCUT2D eigenvalue weighted by atomic mass is 9.86. The molecule has 4 heterocycles. The molecule has 5 rings (SSSR count). The molecule has 3 atom stereocenters. The van der Waals surface area contributed by atoms with Crippen LogP contribution in [0.2, 0.25) is 5.02 Å². The third-order valence-electron chi connectivity index (χ3n) is 8.68. The first-order valence-electron chi connectivity index (χ1n) is 13.7. The lowest BCUT2D eigenvalue weighted by Gasteiger charge is -2.40. The van der Waals surface area contributed by atoms with Crippen molar-refractivity contribution in [2.24, 2.45) is 11.8 Å². The van der Waals surface area contributed by atoms with Gasteiger partial charge in [-0.1, -0.05) is 31.2 Å². The molecule has 1 N–H and O–H groups in total. The molecule has 2 fully saturated rings. The number of pyridine rings is 1. The first-order chi connectivity index (χ1) is 19.4. The van der Waals surface area contributed by atoms with Crippen LogP contribution in [0, 0.1) is 17.7 Å². The van der Waals surface area contributed by atoms with Crippen molar-refractivity contribution >= 4 is 35.0 Å². The van der Waals surface area contributed by atoms with E-state index in [0.29, 0.717) is 19.5 Å². The SMILES string of the molecule is C=CC(=O)N1CCN2C(=O)c3c(N4CC(C(C)C(C)=O)CC4(C)C)nc(-c4c(O)cccc4F)c(Cl)c3OCC2C1. The molecular formula is C30H34ClFN4O5. The fraction of sp³-hybridized carbons (Fsp3) is 0.467. The van der Waals surface area contributed by atoms with Crippen molar-refractivity contribution < 1.29 is 28.6 Å². The van der Waals surface area contributed by atoms with Gasteiger partial charge in [0.2, 0.25) is 5.91 Å². The summed E-state index contributed by atoms with van der Waals surface area (Å²) in [6.45, 7) is 12.4. The highest BCUT2D eigenvalue weighted by Gasteiger charge is 2.47. The maximum Gasteiger partial charge on any atom is 0.261 e. The van der Waals surface area contributed by atoms with E-state index in [1.54, 1.807) is 16.7 Å². The molecule has 0 spiro atoms. The van der Waals surface area contributed by atoms with Gasteiger partial charge in [-0.3, -0.25) is 14.4 Å². The Kier molecular flexibility index (Phi) is 7.48. The molecule has 3 unspecified atom stereocenters.